The fourth-order valence-electron chi connectivity index (χ4n) is 0.995. The van der Waals surface area contributed by atoms with Crippen LogP contribution in [-0.2, 0) is 4.65 Å². The smallest absolute Gasteiger partial charge is 0.386 e. The van der Waals surface area contributed by atoms with E-state index in [9.17, 15) is 0 Å². The summed E-state index contributed by atoms with van der Waals surface area (Å²) in [5.74, 6) is 0. The van der Waals surface area contributed by atoms with Gasteiger partial charge in [0.25, 0.3) is 0 Å². The van der Waals surface area contributed by atoms with Crippen molar-refractivity contribution in [1.82, 2.24) is 4.81 Å². The first-order valence-electron chi connectivity index (χ1n) is 3.27. The maximum absolute atomic E-state index is 5.36. The van der Waals surface area contributed by atoms with E-state index in [1.54, 1.807) is 0 Å². The first kappa shape index (κ1) is 6.84. The van der Waals surface area contributed by atoms with Crippen molar-refractivity contribution in [3.63, 3.8) is 0 Å². The minimum Gasteiger partial charge on any atom is -0.420 e. The predicted octanol–water partition coefficient (Wildman–Crippen LogP) is 0.623. The second-order valence-corrected chi connectivity index (χ2v) is 2.33. The van der Waals surface area contributed by atoms with E-state index >= 15 is 0 Å². The molecule has 1 fully saturated rings. The van der Waals surface area contributed by atoms with Crippen molar-refractivity contribution in [1.29, 1.82) is 0 Å². The summed E-state index contributed by atoms with van der Waals surface area (Å²) in [4.78, 5) is 2.20. The summed E-state index contributed by atoms with van der Waals surface area (Å²) in [5.41, 5.74) is 0. The number of rotatable bonds is 2. The molecule has 3 heteroatoms. The van der Waals surface area contributed by atoms with Gasteiger partial charge in [0, 0.05) is 13.2 Å². The monoisotopic (exact) mass is 125 g/mol. The van der Waals surface area contributed by atoms with E-state index in [1.165, 1.54) is 0 Å². The highest BCUT2D eigenvalue weighted by Crippen LogP contribution is 2.06. The van der Waals surface area contributed by atoms with Gasteiger partial charge in [-0.1, -0.05) is 6.08 Å². The predicted molar refractivity (Wildman–Crippen MR) is 39.3 cm³/mol. The van der Waals surface area contributed by atoms with Gasteiger partial charge in [-0.2, -0.15) is 0 Å². The van der Waals surface area contributed by atoms with Gasteiger partial charge in [-0.3, -0.25) is 0 Å². The Morgan fingerprint density at radius 3 is 3.11 bits per heavy atom. The maximum atomic E-state index is 5.36. The molecule has 0 bridgehead atoms. The third-order valence-corrected chi connectivity index (χ3v) is 1.61. The van der Waals surface area contributed by atoms with Gasteiger partial charge >= 0.3 is 7.05 Å². The molecule has 0 spiro atoms. The lowest BCUT2D eigenvalue weighted by Crippen LogP contribution is -2.29. The summed E-state index contributed by atoms with van der Waals surface area (Å²) < 4.78 is 5.36. The van der Waals surface area contributed by atoms with Gasteiger partial charge in [-0.05, 0) is 13.4 Å². The van der Waals surface area contributed by atoms with Crippen LogP contribution in [0.3, 0.4) is 0 Å². The summed E-state index contributed by atoms with van der Waals surface area (Å²) in [6, 6.07) is 0. The van der Waals surface area contributed by atoms with Gasteiger partial charge in [0.2, 0.25) is 0 Å². The maximum Gasteiger partial charge on any atom is 0.386 e. The molecular formula is C6H12BNO. The first-order valence-corrected chi connectivity index (χ1v) is 3.27. The molecule has 0 amide bonds. The lowest BCUT2D eigenvalue weighted by atomic mass is 9.78. The highest BCUT2D eigenvalue weighted by Gasteiger charge is 2.25. The number of nitrogens with zero attached hydrogens (tertiary/aromatic N) is 1. The van der Waals surface area contributed by atoms with Crippen molar-refractivity contribution in [2.75, 3.05) is 20.2 Å². The van der Waals surface area contributed by atoms with E-state index in [2.05, 4.69) is 18.4 Å². The molecular weight excluding hydrogens is 113 g/mol. The van der Waals surface area contributed by atoms with Crippen LogP contribution in [0.2, 0.25) is 6.32 Å². The summed E-state index contributed by atoms with van der Waals surface area (Å²) in [6.45, 7) is 5.58. The molecule has 0 N–H and O–H groups in total. The Kier molecular flexibility index (Phi) is 2.31. The summed E-state index contributed by atoms with van der Waals surface area (Å²) in [5, 5.41) is 0. The summed E-state index contributed by atoms with van der Waals surface area (Å²) >= 11 is 0. The molecule has 0 unspecified atom stereocenters. The molecule has 0 aromatic rings. The molecule has 1 aliphatic heterocycles. The van der Waals surface area contributed by atoms with E-state index in [0.29, 0.717) is 7.05 Å². The van der Waals surface area contributed by atoms with Gasteiger partial charge in [0.05, 0.1) is 0 Å². The number of allylic oxidation sites excluding steroid dienone is 1. The van der Waals surface area contributed by atoms with Crippen LogP contribution < -0.4 is 0 Å². The zero-order valence-corrected chi connectivity index (χ0v) is 5.84. The summed E-state index contributed by atoms with van der Waals surface area (Å²) in [6.07, 6.45) is 2.84. The third-order valence-electron chi connectivity index (χ3n) is 1.61. The Morgan fingerprint density at radius 2 is 2.67 bits per heavy atom. The molecule has 0 aromatic carbocycles. The third kappa shape index (κ3) is 1.56. The van der Waals surface area contributed by atoms with E-state index in [1.807, 2.05) is 6.08 Å². The number of hydrogen-bond donors (Lipinski definition) is 0. The first-order chi connectivity index (χ1) is 4.34. The summed E-state index contributed by atoms with van der Waals surface area (Å²) in [7, 11) is 2.36. The quantitative estimate of drug-likeness (QED) is 0.396. The highest BCUT2D eigenvalue weighted by molar-refractivity contribution is 6.49. The van der Waals surface area contributed by atoms with Gasteiger partial charge in [-0.25, -0.2) is 0 Å². The van der Waals surface area contributed by atoms with Crippen molar-refractivity contribution in [2.24, 2.45) is 0 Å². The van der Waals surface area contributed by atoms with Crippen LogP contribution in [0.15, 0.2) is 12.7 Å². The van der Waals surface area contributed by atoms with Crippen LogP contribution in [0.5, 0.6) is 0 Å². The van der Waals surface area contributed by atoms with Gasteiger partial charge in [0.15, 0.2) is 0 Å². The van der Waals surface area contributed by atoms with Gasteiger partial charge in [-0.15, -0.1) is 6.58 Å². The Bertz CT molecular complexity index is 107. The standard InChI is InChI=1S/C6H12BNO/c1-3-4-7-8(2)5-6-9-7/h3H,1,4-6H2,2H3. The molecule has 1 saturated heterocycles. The SMILES string of the molecule is C=CCB1OCCN1C. The van der Waals surface area contributed by atoms with E-state index < -0.39 is 0 Å². The highest BCUT2D eigenvalue weighted by atomic mass is 16.5. The van der Waals surface area contributed by atoms with E-state index in [-0.39, 0.29) is 0 Å². The lowest BCUT2D eigenvalue weighted by molar-refractivity contribution is 0.371. The zero-order chi connectivity index (χ0) is 6.69. The topological polar surface area (TPSA) is 12.5 Å². The molecule has 0 saturated carbocycles. The fourth-order valence-corrected chi connectivity index (χ4v) is 0.995. The van der Waals surface area contributed by atoms with E-state index in [4.69, 9.17) is 4.65 Å². The Balaban J connectivity index is 2.30. The minimum atomic E-state index is 0.294. The van der Waals surface area contributed by atoms with Crippen LogP contribution in [0.4, 0.5) is 0 Å². The molecule has 50 valence electrons. The lowest BCUT2D eigenvalue weighted by Gasteiger charge is -2.09. The van der Waals surface area contributed by atoms with Crippen LogP contribution in [0, 0.1) is 0 Å². The minimum absolute atomic E-state index is 0.294. The van der Waals surface area contributed by atoms with E-state index in [0.717, 1.165) is 19.5 Å². The second kappa shape index (κ2) is 3.04. The van der Waals surface area contributed by atoms with Crippen molar-refractivity contribution in [2.45, 2.75) is 6.32 Å². The number of hydrogen-bond acceptors (Lipinski definition) is 2. The molecule has 0 radical (unpaired) electrons. The molecule has 2 nitrogen and oxygen atoms in total. The van der Waals surface area contributed by atoms with Gasteiger partial charge in [0.1, 0.15) is 0 Å². The van der Waals surface area contributed by atoms with Crippen LogP contribution in [0.1, 0.15) is 0 Å². The normalized spacial score (nSPS) is 20.8. The second-order valence-electron chi connectivity index (χ2n) is 2.33. The molecule has 1 aliphatic rings. The average Bonchev–Trinajstić information content (AvgIpc) is 2.18. The Hall–Kier alpha value is -0.275. The molecule has 1 rings (SSSR count). The Labute approximate surface area is 56.6 Å². The van der Waals surface area contributed by atoms with Crippen LogP contribution in [-0.4, -0.2) is 32.1 Å². The molecule has 0 atom stereocenters. The molecule has 1 heterocycles. The molecule has 0 aliphatic carbocycles. The number of likely N-dealkylation sites (N-methyl/N-ethyl adjacent to an activating group) is 1. The largest absolute Gasteiger partial charge is 0.420 e. The Morgan fingerprint density at radius 1 is 1.89 bits per heavy atom. The van der Waals surface area contributed by atoms with Crippen molar-refractivity contribution in [3.8, 4) is 0 Å². The fraction of sp³-hybridized carbons (Fsp3) is 0.667. The molecule has 0 aromatic heterocycles. The molecule has 9 heavy (non-hydrogen) atoms. The van der Waals surface area contributed by atoms with Gasteiger partial charge < -0.3 is 9.47 Å². The van der Waals surface area contributed by atoms with Crippen LogP contribution in [0.25, 0.3) is 0 Å². The average molecular weight is 125 g/mol. The zero-order valence-electron chi connectivity index (χ0n) is 5.84. The van der Waals surface area contributed by atoms with Crippen molar-refractivity contribution >= 4 is 7.05 Å². The van der Waals surface area contributed by atoms with Crippen LogP contribution >= 0.6 is 0 Å². The van der Waals surface area contributed by atoms with Crippen molar-refractivity contribution < 1.29 is 4.65 Å². The van der Waals surface area contributed by atoms with Crippen molar-refractivity contribution in [3.05, 3.63) is 12.7 Å².